The molecule has 1 N–H and O–H groups in total. The fraction of sp³-hybridized carbons (Fsp3) is 0.600. The van der Waals surface area contributed by atoms with Gasteiger partial charge in [-0.3, -0.25) is 0 Å². The SMILES string of the molecule is CCCN1CCCC(Nc2ccc(I)cc2Cl)CC1. The van der Waals surface area contributed by atoms with Crippen molar-refractivity contribution in [1.82, 2.24) is 4.90 Å². The van der Waals surface area contributed by atoms with Gasteiger partial charge in [0.1, 0.15) is 0 Å². The van der Waals surface area contributed by atoms with Crippen LogP contribution in [0.5, 0.6) is 0 Å². The number of rotatable bonds is 4. The molecule has 1 fully saturated rings. The van der Waals surface area contributed by atoms with Gasteiger partial charge in [-0.1, -0.05) is 18.5 Å². The molecule has 0 bridgehead atoms. The monoisotopic (exact) mass is 392 g/mol. The van der Waals surface area contributed by atoms with Crippen LogP contribution in [0.1, 0.15) is 32.6 Å². The Bertz CT molecular complexity index is 411. The van der Waals surface area contributed by atoms with Crippen LogP contribution in [0.3, 0.4) is 0 Å². The van der Waals surface area contributed by atoms with Crippen molar-refractivity contribution in [3.05, 3.63) is 26.8 Å². The molecule has 1 atom stereocenters. The van der Waals surface area contributed by atoms with E-state index in [1.807, 2.05) is 6.07 Å². The highest BCUT2D eigenvalue weighted by atomic mass is 127. The Labute approximate surface area is 135 Å². The Morgan fingerprint density at radius 1 is 1.37 bits per heavy atom. The van der Waals surface area contributed by atoms with Gasteiger partial charge in [-0.15, -0.1) is 0 Å². The van der Waals surface area contributed by atoms with Crippen LogP contribution in [0.4, 0.5) is 5.69 Å². The molecule has 1 aliphatic heterocycles. The standard InChI is InChI=1S/C15H22ClIN2/c1-2-8-19-9-3-4-13(7-10-19)18-15-6-5-12(17)11-14(15)16/h5-6,11,13,18H,2-4,7-10H2,1H3. The van der Waals surface area contributed by atoms with Crippen molar-refractivity contribution in [2.75, 3.05) is 25.0 Å². The molecule has 1 heterocycles. The molecule has 4 heteroatoms. The molecule has 0 aliphatic carbocycles. The van der Waals surface area contributed by atoms with E-state index in [1.54, 1.807) is 0 Å². The highest BCUT2D eigenvalue weighted by molar-refractivity contribution is 14.1. The van der Waals surface area contributed by atoms with E-state index in [0.29, 0.717) is 6.04 Å². The quantitative estimate of drug-likeness (QED) is 0.752. The Balaban J connectivity index is 1.92. The van der Waals surface area contributed by atoms with Gasteiger partial charge in [0.25, 0.3) is 0 Å². The van der Waals surface area contributed by atoms with Crippen LogP contribution in [0.15, 0.2) is 18.2 Å². The topological polar surface area (TPSA) is 15.3 Å². The maximum absolute atomic E-state index is 6.29. The van der Waals surface area contributed by atoms with Crippen LogP contribution in [-0.2, 0) is 0 Å². The third-order valence-electron chi connectivity index (χ3n) is 3.65. The van der Waals surface area contributed by atoms with Crippen LogP contribution in [-0.4, -0.2) is 30.6 Å². The van der Waals surface area contributed by atoms with Crippen LogP contribution < -0.4 is 5.32 Å². The molecule has 1 aromatic rings. The Morgan fingerprint density at radius 2 is 2.21 bits per heavy atom. The van der Waals surface area contributed by atoms with Crippen LogP contribution in [0.25, 0.3) is 0 Å². The second-order valence-corrected chi connectivity index (χ2v) is 6.89. The number of nitrogens with one attached hydrogen (secondary N) is 1. The average molecular weight is 393 g/mol. The number of anilines is 1. The first kappa shape index (κ1) is 15.4. The van der Waals surface area contributed by atoms with Crippen molar-refractivity contribution in [2.24, 2.45) is 0 Å². The lowest BCUT2D eigenvalue weighted by Crippen LogP contribution is -2.27. The summed E-state index contributed by atoms with van der Waals surface area (Å²) in [5.41, 5.74) is 1.08. The Hall–Kier alpha value is -0.0000000000000000555. The average Bonchev–Trinajstić information content (AvgIpc) is 2.59. The van der Waals surface area contributed by atoms with E-state index in [0.717, 1.165) is 10.7 Å². The highest BCUT2D eigenvalue weighted by Gasteiger charge is 2.17. The van der Waals surface area contributed by atoms with Crippen molar-refractivity contribution in [2.45, 2.75) is 38.6 Å². The summed E-state index contributed by atoms with van der Waals surface area (Å²) in [6, 6.07) is 6.78. The number of halogens is 2. The lowest BCUT2D eigenvalue weighted by molar-refractivity contribution is 0.285. The van der Waals surface area contributed by atoms with Crippen molar-refractivity contribution < 1.29 is 0 Å². The van der Waals surface area contributed by atoms with Crippen LogP contribution in [0, 0.1) is 3.57 Å². The fourth-order valence-corrected chi connectivity index (χ4v) is 3.58. The van der Waals surface area contributed by atoms with Gasteiger partial charge in [0.15, 0.2) is 0 Å². The molecule has 1 aromatic carbocycles. The van der Waals surface area contributed by atoms with Crippen molar-refractivity contribution in [3.8, 4) is 0 Å². The predicted octanol–water partition coefficient (Wildman–Crippen LogP) is 4.62. The van der Waals surface area contributed by atoms with Gasteiger partial charge in [-0.2, -0.15) is 0 Å². The summed E-state index contributed by atoms with van der Waals surface area (Å²) in [7, 11) is 0. The molecule has 1 saturated heterocycles. The van der Waals surface area contributed by atoms with Gasteiger partial charge in [0.05, 0.1) is 10.7 Å². The number of benzene rings is 1. The molecule has 19 heavy (non-hydrogen) atoms. The van der Waals surface area contributed by atoms with Crippen LogP contribution in [0.2, 0.25) is 5.02 Å². The maximum atomic E-state index is 6.29. The third kappa shape index (κ3) is 4.80. The molecular formula is C15H22ClIN2. The molecule has 0 amide bonds. The second kappa shape index (κ2) is 7.70. The zero-order valence-electron chi connectivity index (χ0n) is 11.5. The number of nitrogens with zero attached hydrogens (tertiary/aromatic N) is 1. The molecule has 0 saturated carbocycles. The molecule has 0 aromatic heterocycles. The lowest BCUT2D eigenvalue weighted by Gasteiger charge is -2.20. The van der Waals surface area contributed by atoms with Gasteiger partial charge >= 0.3 is 0 Å². The highest BCUT2D eigenvalue weighted by Crippen LogP contribution is 2.26. The van der Waals surface area contributed by atoms with Gasteiger partial charge in [-0.05, 0) is 79.6 Å². The summed E-state index contributed by atoms with van der Waals surface area (Å²) in [4.78, 5) is 2.58. The molecular weight excluding hydrogens is 371 g/mol. The van der Waals surface area contributed by atoms with Gasteiger partial charge < -0.3 is 10.2 Å². The summed E-state index contributed by atoms with van der Waals surface area (Å²) in [5.74, 6) is 0. The minimum Gasteiger partial charge on any atom is -0.381 e. The van der Waals surface area contributed by atoms with E-state index < -0.39 is 0 Å². The number of hydrogen-bond donors (Lipinski definition) is 1. The normalized spacial score (nSPS) is 21.1. The smallest absolute Gasteiger partial charge is 0.0648 e. The maximum Gasteiger partial charge on any atom is 0.0648 e. The Kier molecular flexibility index (Phi) is 6.23. The van der Waals surface area contributed by atoms with Crippen LogP contribution >= 0.6 is 34.2 Å². The van der Waals surface area contributed by atoms with Crippen molar-refractivity contribution >= 4 is 39.9 Å². The van der Waals surface area contributed by atoms with E-state index in [4.69, 9.17) is 11.6 Å². The first-order valence-electron chi connectivity index (χ1n) is 7.13. The zero-order valence-corrected chi connectivity index (χ0v) is 14.4. The summed E-state index contributed by atoms with van der Waals surface area (Å²) in [5, 5.41) is 4.45. The van der Waals surface area contributed by atoms with E-state index in [1.165, 1.54) is 48.9 Å². The molecule has 1 aliphatic rings. The summed E-state index contributed by atoms with van der Waals surface area (Å²) in [6.45, 7) is 5.93. The summed E-state index contributed by atoms with van der Waals surface area (Å²) >= 11 is 8.58. The minimum atomic E-state index is 0.555. The number of likely N-dealkylation sites (tertiary alicyclic amines) is 1. The van der Waals surface area contributed by atoms with Crippen molar-refractivity contribution in [1.29, 1.82) is 0 Å². The zero-order chi connectivity index (χ0) is 13.7. The summed E-state index contributed by atoms with van der Waals surface area (Å²) in [6.07, 6.45) is 4.98. The fourth-order valence-electron chi connectivity index (χ4n) is 2.67. The first-order chi connectivity index (χ1) is 9.19. The first-order valence-corrected chi connectivity index (χ1v) is 8.58. The van der Waals surface area contributed by atoms with E-state index >= 15 is 0 Å². The molecule has 2 nitrogen and oxygen atoms in total. The minimum absolute atomic E-state index is 0.555. The Morgan fingerprint density at radius 3 is 2.95 bits per heavy atom. The molecule has 2 rings (SSSR count). The van der Waals surface area contributed by atoms with Gasteiger partial charge in [0, 0.05) is 16.2 Å². The number of hydrogen-bond acceptors (Lipinski definition) is 2. The molecule has 0 radical (unpaired) electrons. The third-order valence-corrected chi connectivity index (χ3v) is 4.64. The predicted molar refractivity (Wildman–Crippen MR) is 92.2 cm³/mol. The van der Waals surface area contributed by atoms with Gasteiger partial charge in [-0.25, -0.2) is 0 Å². The molecule has 106 valence electrons. The van der Waals surface area contributed by atoms with E-state index in [2.05, 4.69) is 51.9 Å². The second-order valence-electron chi connectivity index (χ2n) is 5.24. The lowest BCUT2D eigenvalue weighted by atomic mass is 10.1. The van der Waals surface area contributed by atoms with E-state index in [-0.39, 0.29) is 0 Å². The molecule has 0 spiro atoms. The van der Waals surface area contributed by atoms with Gasteiger partial charge in [0.2, 0.25) is 0 Å². The van der Waals surface area contributed by atoms with E-state index in [9.17, 15) is 0 Å². The summed E-state index contributed by atoms with van der Waals surface area (Å²) < 4.78 is 1.18. The molecule has 1 unspecified atom stereocenters. The largest absolute Gasteiger partial charge is 0.381 e. The van der Waals surface area contributed by atoms with Crippen molar-refractivity contribution in [3.63, 3.8) is 0 Å².